The second-order valence-corrected chi connectivity index (χ2v) is 5.29. The van der Waals surface area contributed by atoms with Crippen molar-refractivity contribution in [2.24, 2.45) is 0 Å². The highest BCUT2D eigenvalue weighted by Gasteiger charge is 2.24. The fourth-order valence-electron chi connectivity index (χ4n) is 2.88. The summed E-state index contributed by atoms with van der Waals surface area (Å²) in [4.78, 5) is 16.5. The van der Waals surface area contributed by atoms with Crippen LogP contribution >= 0.6 is 0 Å². The van der Waals surface area contributed by atoms with E-state index in [1.54, 1.807) is 0 Å². The molecule has 0 aromatic heterocycles. The number of hydrogen-bond donors (Lipinski definition) is 1. The molecule has 0 aromatic rings. The van der Waals surface area contributed by atoms with Gasteiger partial charge < -0.3 is 10.2 Å². The lowest BCUT2D eigenvalue weighted by molar-refractivity contribution is -0.130. The molecule has 1 aliphatic carbocycles. The maximum atomic E-state index is 12.4. The summed E-state index contributed by atoms with van der Waals surface area (Å²) in [5.74, 6) is 0.250. The molecule has 1 fully saturated rings. The van der Waals surface area contributed by atoms with Gasteiger partial charge in [-0.2, -0.15) is 0 Å². The molecule has 2 aliphatic rings. The average Bonchev–Trinajstić information content (AvgIpc) is 3.03. The van der Waals surface area contributed by atoms with E-state index in [0.29, 0.717) is 12.6 Å². The first-order valence-corrected chi connectivity index (χ1v) is 7.12. The van der Waals surface area contributed by atoms with Crippen molar-refractivity contribution < 1.29 is 4.79 Å². The van der Waals surface area contributed by atoms with Gasteiger partial charge in [0, 0.05) is 24.8 Å². The maximum Gasteiger partial charge on any atom is 0.240 e. The fourth-order valence-corrected chi connectivity index (χ4v) is 2.88. The SMILES string of the molecule is CCN(C(=O)CN(C)C1CCNC1)C1=CCCC1. The van der Waals surface area contributed by atoms with Gasteiger partial charge in [0.15, 0.2) is 0 Å². The molecule has 1 saturated heterocycles. The van der Waals surface area contributed by atoms with Gasteiger partial charge in [0.05, 0.1) is 6.54 Å². The molecule has 1 aliphatic heterocycles. The van der Waals surface area contributed by atoms with E-state index >= 15 is 0 Å². The predicted molar refractivity (Wildman–Crippen MR) is 73.2 cm³/mol. The van der Waals surface area contributed by atoms with Gasteiger partial charge in [0.2, 0.25) is 5.91 Å². The van der Waals surface area contributed by atoms with E-state index in [9.17, 15) is 4.79 Å². The molecule has 1 heterocycles. The van der Waals surface area contributed by atoms with Crippen LogP contribution in [-0.2, 0) is 4.79 Å². The molecule has 4 heteroatoms. The Bertz CT molecular complexity index is 321. The zero-order valence-corrected chi connectivity index (χ0v) is 11.6. The van der Waals surface area contributed by atoms with Crippen molar-refractivity contribution in [2.45, 2.75) is 38.6 Å². The van der Waals surface area contributed by atoms with Gasteiger partial charge >= 0.3 is 0 Å². The first-order chi connectivity index (χ1) is 8.72. The summed E-state index contributed by atoms with van der Waals surface area (Å²) in [7, 11) is 2.06. The van der Waals surface area contributed by atoms with Crippen LogP contribution in [0.3, 0.4) is 0 Å². The van der Waals surface area contributed by atoms with E-state index in [1.165, 1.54) is 12.1 Å². The van der Waals surface area contributed by atoms with Gasteiger partial charge in [-0.15, -0.1) is 0 Å². The largest absolute Gasteiger partial charge is 0.316 e. The van der Waals surface area contributed by atoms with Crippen molar-refractivity contribution in [3.63, 3.8) is 0 Å². The maximum absolute atomic E-state index is 12.4. The second-order valence-electron chi connectivity index (χ2n) is 5.29. The number of hydrogen-bond acceptors (Lipinski definition) is 3. The van der Waals surface area contributed by atoms with Crippen molar-refractivity contribution in [2.75, 3.05) is 33.2 Å². The van der Waals surface area contributed by atoms with E-state index in [1.807, 2.05) is 4.90 Å². The molecule has 0 radical (unpaired) electrons. The molecule has 0 bridgehead atoms. The molecule has 1 N–H and O–H groups in total. The Morgan fingerprint density at radius 1 is 1.56 bits per heavy atom. The average molecular weight is 251 g/mol. The zero-order chi connectivity index (χ0) is 13.0. The first-order valence-electron chi connectivity index (χ1n) is 7.12. The van der Waals surface area contributed by atoms with Gasteiger partial charge in [-0.25, -0.2) is 0 Å². The Kier molecular flexibility index (Phi) is 4.78. The Hall–Kier alpha value is -0.870. The van der Waals surface area contributed by atoms with Crippen LogP contribution in [0.15, 0.2) is 11.8 Å². The number of allylic oxidation sites excluding steroid dienone is 2. The predicted octanol–water partition coefficient (Wildman–Crippen LogP) is 1.20. The van der Waals surface area contributed by atoms with Crippen molar-refractivity contribution >= 4 is 5.91 Å². The minimum Gasteiger partial charge on any atom is -0.316 e. The Morgan fingerprint density at radius 3 is 2.94 bits per heavy atom. The van der Waals surface area contributed by atoms with Crippen LogP contribution in [0, 0.1) is 0 Å². The van der Waals surface area contributed by atoms with Crippen molar-refractivity contribution in [1.29, 1.82) is 0 Å². The van der Waals surface area contributed by atoms with E-state index in [-0.39, 0.29) is 5.91 Å². The third-order valence-corrected chi connectivity index (χ3v) is 4.02. The molecule has 1 amide bonds. The first kappa shape index (κ1) is 13.6. The molecule has 18 heavy (non-hydrogen) atoms. The van der Waals surface area contributed by atoms with Crippen LogP contribution in [0.5, 0.6) is 0 Å². The third-order valence-electron chi connectivity index (χ3n) is 4.02. The Labute approximate surface area is 110 Å². The number of nitrogens with zero attached hydrogens (tertiary/aromatic N) is 2. The second kappa shape index (κ2) is 6.34. The molecule has 0 saturated carbocycles. The molecule has 0 spiro atoms. The molecular weight excluding hydrogens is 226 g/mol. The van der Waals surface area contributed by atoms with Gasteiger partial charge in [-0.1, -0.05) is 6.08 Å². The summed E-state index contributed by atoms with van der Waals surface area (Å²) in [6.07, 6.45) is 6.76. The summed E-state index contributed by atoms with van der Waals surface area (Å²) >= 11 is 0. The highest BCUT2D eigenvalue weighted by Crippen LogP contribution is 2.21. The summed E-state index contributed by atoms with van der Waals surface area (Å²) in [5, 5.41) is 3.35. The van der Waals surface area contributed by atoms with Gasteiger partial charge in [0.1, 0.15) is 0 Å². The van der Waals surface area contributed by atoms with Gasteiger partial charge in [-0.3, -0.25) is 9.69 Å². The third kappa shape index (κ3) is 3.12. The van der Waals surface area contributed by atoms with E-state index < -0.39 is 0 Å². The Balaban J connectivity index is 1.88. The molecule has 1 atom stereocenters. The number of likely N-dealkylation sites (N-methyl/N-ethyl adjacent to an activating group) is 2. The number of rotatable bonds is 5. The highest BCUT2D eigenvalue weighted by atomic mass is 16.2. The normalized spacial score (nSPS) is 23.5. The van der Waals surface area contributed by atoms with Crippen LogP contribution in [0.4, 0.5) is 0 Å². The lowest BCUT2D eigenvalue weighted by Gasteiger charge is -2.28. The molecule has 0 aromatic carbocycles. The van der Waals surface area contributed by atoms with E-state index in [0.717, 1.165) is 38.9 Å². The summed E-state index contributed by atoms with van der Waals surface area (Å²) in [5.41, 5.74) is 1.24. The number of carbonyl (C=O) groups excluding carboxylic acids is 1. The fraction of sp³-hybridized carbons (Fsp3) is 0.786. The van der Waals surface area contributed by atoms with E-state index in [2.05, 4.69) is 30.3 Å². The molecule has 4 nitrogen and oxygen atoms in total. The monoisotopic (exact) mass is 251 g/mol. The van der Waals surface area contributed by atoms with Crippen molar-refractivity contribution in [3.8, 4) is 0 Å². The number of carbonyl (C=O) groups is 1. The van der Waals surface area contributed by atoms with Gasteiger partial charge in [-0.05, 0) is 46.2 Å². The Morgan fingerprint density at radius 2 is 2.39 bits per heavy atom. The molecule has 1 unspecified atom stereocenters. The lowest BCUT2D eigenvalue weighted by Crippen LogP contribution is -2.43. The summed E-state index contributed by atoms with van der Waals surface area (Å²) in [6.45, 7) is 5.48. The van der Waals surface area contributed by atoms with Crippen LogP contribution in [-0.4, -0.2) is 55.0 Å². The summed E-state index contributed by atoms with van der Waals surface area (Å²) in [6, 6.07) is 0.519. The quantitative estimate of drug-likeness (QED) is 0.797. The number of amides is 1. The topological polar surface area (TPSA) is 35.6 Å². The molecule has 2 rings (SSSR count). The smallest absolute Gasteiger partial charge is 0.240 e. The standard InChI is InChI=1S/C14H25N3O/c1-3-17(12-6-4-5-7-12)14(18)11-16(2)13-8-9-15-10-13/h6,13,15H,3-5,7-11H2,1-2H3. The minimum absolute atomic E-state index is 0.250. The highest BCUT2D eigenvalue weighted by molar-refractivity contribution is 5.80. The van der Waals surface area contributed by atoms with Crippen molar-refractivity contribution in [3.05, 3.63) is 11.8 Å². The van der Waals surface area contributed by atoms with Crippen molar-refractivity contribution in [1.82, 2.24) is 15.1 Å². The lowest BCUT2D eigenvalue weighted by atomic mass is 10.2. The minimum atomic E-state index is 0.250. The van der Waals surface area contributed by atoms with Crippen LogP contribution in [0.2, 0.25) is 0 Å². The van der Waals surface area contributed by atoms with Crippen LogP contribution in [0.1, 0.15) is 32.6 Å². The van der Waals surface area contributed by atoms with E-state index in [4.69, 9.17) is 0 Å². The molecular formula is C14H25N3O. The summed E-state index contributed by atoms with van der Waals surface area (Å²) < 4.78 is 0. The molecule has 102 valence electrons. The van der Waals surface area contributed by atoms with Crippen LogP contribution < -0.4 is 5.32 Å². The number of nitrogens with one attached hydrogen (secondary N) is 1. The van der Waals surface area contributed by atoms with Gasteiger partial charge in [0.25, 0.3) is 0 Å². The van der Waals surface area contributed by atoms with Crippen LogP contribution in [0.25, 0.3) is 0 Å². The zero-order valence-electron chi connectivity index (χ0n) is 11.6.